The number of rotatable bonds is 4. The molecule has 1 nitrogen and oxygen atoms in total. The number of hydrogen-bond donors (Lipinski definition) is 1. The van der Waals surface area contributed by atoms with Crippen molar-refractivity contribution in [1.82, 2.24) is 5.32 Å². The van der Waals surface area contributed by atoms with E-state index in [1.165, 1.54) is 6.07 Å². The van der Waals surface area contributed by atoms with Gasteiger partial charge in [-0.3, -0.25) is 0 Å². The molecule has 88 valence electrons. The molecule has 1 N–H and O–H groups in total. The Kier molecular flexibility index (Phi) is 4.62. The molecule has 0 atom stereocenters. The molecule has 0 aliphatic rings. The fourth-order valence-electron chi connectivity index (χ4n) is 1.31. The highest BCUT2D eigenvalue weighted by Gasteiger charge is 2.01. The normalized spacial score (nSPS) is 12.2. The van der Waals surface area contributed by atoms with E-state index < -0.39 is 11.6 Å². The topological polar surface area (TPSA) is 12.0 Å². The van der Waals surface area contributed by atoms with Crippen LogP contribution >= 0.6 is 0 Å². The van der Waals surface area contributed by atoms with E-state index in [0.29, 0.717) is 18.2 Å². The lowest BCUT2D eigenvalue weighted by Crippen LogP contribution is -2.24. The molecule has 0 aliphatic heterocycles. The van der Waals surface area contributed by atoms with Crippen molar-refractivity contribution in [3.05, 3.63) is 41.0 Å². The Balaban J connectivity index is 2.77. The zero-order valence-corrected chi connectivity index (χ0v) is 9.85. The van der Waals surface area contributed by atoms with Crippen LogP contribution in [0.2, 0.25) is 0 Å². The first-order chi connectivity index (χ1) is 7.49. The molecule has 0 amide bonds. The van der Waals surface area contributed by atoms with Gasteiger partial charge in [0, 0.05) is 18.2 Å². The Morgan fingerprint density at radius 1 is 1.38 bits per heavy atom. The molecular formula is C13H17F2N. The molecule has 16 heavy (non-hydrogen) atoms. The molecule has 0 spiro atoms. The zero-order valence-electron chi connectivity index (χ0n) is 9.85. The molecule has 3 heteroatoms. The van der Waals surface area contributed by atoms with E-state index in [1.54, 1.807) is 6.08 Å². The van der Waals surface area contributed by atoms with Gasteiger partial charge in [-0.05, 0) is 25.1 Å². The standard InChI is InChI=1S/C13H17F2N/c1-9(2)16-8-10(3)6-11-7-12(14)4-5-13(11)15/h4-7,9,16H,8H2,1-3H3. The minimum Gasteiger partial charge on any atom is -0.311 e. The summed E-state index contributed by atoms with van der Waals surface area (Å²) in [5.41, 5.74) is 1.27. The lowest BCUT2D eigenvalue weighted by atomic mass is 10.1. The molecule has 0 aromatic heterocycles. The minimum absolute atomic E-state index is 0.294. The van der Waals surface area contributed by atoms with Gasteiger partial charge in [0.2, 0.25) is 0 Å². The summed E-state index contributed by atoms with van der Waals surface area (Å²) in [6.45, 7) is 6.64. The van der Waals surface area contributed by atoms with Crippen LogP contribution in [0.15, 0.2) is 23.8 Å². The largest absolute Gasteiger partial charge is 0.311 e. The van der Waals surface area contributed by atoms with Gasteiger partial charge in [0.15, 0.2) is 0 Å². The van der Waals surface area contributed by atoms with Gasteiger partial charge in [0.1, 0.15) is 11.6 Å². The molecule has 1 aromatic carbocycles. The summed E-state index contributed by atoms with van der Waals surface area (Å²) in [6, 6.07) is 3.84. The zero-order chi connectivity index (χ0) is 12.1. The van der Waals surface area contributed by atoms with E-state index in [0.717, 1.165) is 17.7 Å². The van der Waals surface area contributed by atoms with Crippen LogP contribution in [0.5, 0.6) is 0 Å². The maximum absolute atomic E-state index is 13.3. The summed E-state index contributed by atoms with van der Waals surface area (Å²) in [4.78, 5) is 0. The lowest BCUT2D eigenvalue weighted by Gasteiger charge is -2.08. The molecule has 0 unspecified atom stereocenters. The Labute approximate surface area is 95.2 Å². The predicted molar refractivity (Wildman–Crippen MR) is 63.1 cm³/mol. The van der Waals surface area contributed by atoms with E-state index in [9.17, 15) is 8.78 Å². The van der Waals surface area contributed by atoms with Crippen LogP contribution in [0.25, 0.3) is 6.08 Å². The van der Waals surface area contributed by atoms with E-state index in [4.69, 9.17) is 0 Å². The fraction of sp³-hybridized carbons (Fsp3) is 0.385. The molecule has 1 rings (SSSR count). The van der Waals surface area contributed by atoms with Gasteiger partial charge < -0.3 is 5.32 Å². The van der Waals surface area contributed by atoms with Crippen LogP contribution < -0.4 is 5.32 Å². The van der Waals surface area contributed by atoms with Crippen molar-refractivity contribution >= 4 is 6.08 Å². The molecule has 0 fully saturated rings. The molecule has 0 aliphatic carbocycles. The summed E-state index contributed by atoms with van der Waals surface area (Å²) in [5, 5.41) is 3.22. The summed E-state index contributed by atoms with van der Waals surface area (Å²) in [6.07, 6.45) is 1.66. The Morgan fingerprint density at radius 2 is 2.06 bits per heavy atom. The number of halogens is 2. The van der Waals surface area contributed by atoms with Crippen molar-refractivity contribution in [1.29, 1.82) is 0 Å². The average Bonchev–Trinajstić information content (AvgIpc) is 2.20. The molecule has 0 radical (unpaired) electrons. The van der Waals surface area contributed by atoms with Crippen LogP contribution in [-0.2, 0) is 0 Å². The second-order valence-electron chi connectivity index (χ2n) is 4.19. The first-order valence-electron chi connectivity index (χ1n) is 5.34. The van der Waals surface area contributed by atoms with Crippen molar-refractivity contribution in [2.24, 2.45) is 0 Å². The summed E-state index contributed by atoms with van der Waals surface area (Å²) in [7, 11) is 0. The van der Waals surface area contributed by atoms with Gasteiger partial charge in [-0.15, -0.1) is 0 Å². The second kappa shape index (κ2) is 5.75. The van der Waals surface area contributed by atoms with Crippen molar-refractivity contribution < 1.29 is 8.78 Å². The fourth-order valence-corrected chi connectivity index (χ4v) is 1.31. The third-order valence-electron chi connectivity index (χ3n) is 2.15. The Bertz CT molecular complexity index is 384. The third-order valence-corrected chi connectivity index (χ3v) is 2.15. The van der Waals surface area contributed by atoms with Gasteiger partial charge in [-0.25, -0.2) is 8.78 Å². The Hall–Kier alpha value is -1.22. The van der Waals surface area contributed by atoms with Gasteiger partial charge in [-0.2, -0.15) is 0 Å². The second-order valence-corrected chi connectivity index (χ2v) is 4.19. The molecular weight excluding hydrogens is 208 g/mol. The van der Waals surface area contributed by atoms with Crippen molar-refractivity contribution in [3.8, 4) is 0 Å². The van der Waals surface area contributed by atoms with Crippen LogP contribution in [-0.4, -0.2) is 12.6 Å². The average molecular weight is 225 g/mol. The molecule has 0 saturated carbocycles. The summed E-state index contributed by atoms with van der Waals surface area (Å²) >= 11 is 0. The smallest absolute Gasteiger partial charge is 0.130 e. The van der Waals surface area contributed by atoms with Crippen LogP contribution in [0.3, 0.4) is 0 Å². The molecule has 0 saturated heterocycles. The van der Waals surface area contributed by atoms with Gasteiger partial charge >= 0.3 is 0 Å². The SMILES string of the molecule is CC(=Cc1cc(F)ccc1F)CNC(C)C. The van der Waals surface area contributed by atoms with Crippen LogP contribution in [0.1, 0.15) is 26.3 Å². The maximum Gasteiger partial charge on any atom is 0.130 e. The summed E-state index contributed by atoms with van der Waals surface area (Å²) in [5.74, 6) is -0.817. The summed E-state index contributed by atoms with van der Waals surface area (Å²) < 4.78 is 26.2. The van der Waals surface area contributed by atoms with Crippen LogP contribution in [0.4, 0.5) is 8.78 Å². The first-order valence-corrected chi connectivity index (χ1v) is 5.34. The van der Waals surface area contributed by atoms with Crippen molar-refractivity contribution in [3.63, 3.8) is 0 Å². The molecule has 1 aromatic rings. The van der Waals surface area contributed by atoms with E-state index in [1.807, 2.05) is 20.8 Å². The van der Waals surface area contributed by atoms with Crippen molar-refractivity contribution in [2.45, 2.75) is 26.8 Å². The third kappa shape index (κ3) is 4.11. The van der Waals surface area contributed by atoms with E-state index >= 15 is 0 Å². The monoisotopic (exact) mass is 225 g/mol. The lowest BCUT2D eigenvalue weighted by molar-refractivity contribution is 0.597. The highest BCUT2D eigenvalue weighted by Crippen LogP contribution is 2.13. The van der Waals surface area contributed by atoms with Crippen LogP contribution in [0, 0.1) is 11.6 Å². The van der Waals surface area contributed by atoms with Crippen molar-refractivity contribution in [2.75, 3.05) is 6.54 Å². The maximum atomic E-state index is 13.3. The van der Waals surface area contributed by atoms with Gasteiger partial charge in [-0.1, -0.05) is 25.5 Å². The number of hydrogen-bond acceptors (Lipinski definition) is 1. The first kappa shape index (κ1) is 12.8. The van der Waals surface area contributed by atoms with E-state index in [2.05, 4.69) is 5.32 Å². The van der Waals surface area contributed by atoms with E-state index in [-0.39, 0.29) is 0 Å². The number of benzene rings is 1. The van der Waals surface area contributed by atoms with Gasteiger partial charge in [0.25, 0.3) is 0 Å². The number of nitrogens with one attached hydrogen (secondary N) is 1. The molecule has 0 bridgehead atoms. The van der Waals surface area contributed by atoms with Gasteiger partial charge in [0.05, 0.1) is 0 Å². The molecule has 0 heterocycles. The Morgan fingerprint density at radius 3 is 2.69 bits per heavy atom. The quantitative estimate of drug-likeness (QED) is 0.828. The minimum atomic E-state index is -0.419. The highest BCUT2D eigenvalue weighted by atomic mass is 19.1. The predicted octanol–water partition coefficient (Wildman–Crippen LogP) is 3.37. The highest BCUT2D eigenvalue weighted by molar-refractivity contribution is 5.53.